The quantitative estimate of drug-likeness (QED) is 0.617. The minimum atomic E-state index is 0.110. The van der Waals surface area contributed by atoms with Gasteiger partial charge in [0.2, 0.25) is 0 Å². The second-order valence-electron chi connectivity index (χ2n) is 6.04. The van der Waals surface area contributed by atoms with E-state index in [0.717, 1.165) is 12.8 Å². The Morgan fingerprint density at radius 3 is 2.50 bits per heavy atom. The van der Waals surface area contributed by atoms with Crippen LogP contribution < -0.4 is 11.3 Å². The average molecular weight is 276 g/mol. The van der Waals surface area contributed by atoms with Gasteiger partial charge in [0.25, 0.3) is 0 Å². The van der Waals surface area contributed by atoms with Crippen LogP contribution in [0.3, 0.4) is 0 Å². The van der Waals surface area contributed by atoms with Crippen LogP contribution in [0.15, 0.2) is 24.5 Å². The van der Waals surface area contributed by atoms with Crippen LogP contribution in [0.25, 0.3) is 0 Å². The van der Waals surface area contributed by atoms with Crippen molar-refractivity contribution >= 4 is 0 Å². The van der Waals surface area contributed by atoms with Gasteiger partial charge in [0, 0.05) is 24.0 Å². The van der Waals surface area contributed by atoms with Gasteiger partial charge < -0.3 is 0 Å². The highest BCUT2D eigenvalue weighted by Crippen LogP contribution is 2.28. The van der Waals surface area contributed by atoms with Crippen LogP contribution in [0.4, 0.5) is 0 Å². The van der Waals surface area contributed by atoms with E-state index in [1.807, 2.05) is 12.4 Å². The van der Waals surface area contributed by atoms with Gasteiger partial charge in [0.15, 0.2) is 0 Å². The molecule has 0 spiro atoms. The number of rotatable bonds is 6. The Morgan fingerprint density at radius 1 is 1.30 bits per heavy atom. The zero-order chi connectivity index (χ0) is 14.4. The van der Waals surface area contributed by atoms with E-state index in [9.17, 15) is 0 Å². The summed E-state index contributed by atoms with van der Waals surface area (Å²) < 4.78 is 0. The lowest BCUT2D eigenvalue weighted by molar-refractivity contribution is 0.0429. The van der Waals surface area contributed by atoms with Gasteiger partial charge >= 0.3 is 0 Å². The van der Waals surface area contributed by atoms with Crippen molar-refractivity contribution in [3.8, 4) is 0 Å². The Kier molecular flexibility index (Phi) is 5.52. The van der Waals surface area contributed by atoms with E-state index >= 15 is 0 Å². The van der Waals surface area contributed by atoms with E-state index < -0.39 is 0 Å². The third-order valence-corrected chi connectivity index (χ3v) is 4.94. The van der Waals surface area contributed by atoms with Crippen LogP contribution >= 0.6 is 0 Å². The molecule has 2 atom stereocenters. The van der Waals surface area contributed by atoms with Gasteiger partial charge in [-0.15, -0.1) is 0 Å². The molecule has 0 amide bonds. The molecule has 112 valence electrons. The number of nitrogens with two attached hydrogens (primary N) is 1. The first-order valence-electron chi connectivity index (χ1n) is 7.80. The van der Waals surface area contributed by atoms with E-state index in [2.05, 4.69) is 41.3 Å². The van der Waals surface area contributed by atoms with Gasteiger partial charge in [-0.1, -0.05) is 13.3 Å². The average Bonchev–Trinajstić information content (AvgIpc) is 2.53. The van der Waals surface area contributed by atoms with E-state index in [0.29, 0.717) is 0 Å². The molecule has 3 N–H and O–H groups in total. The molecule has 4 heteroatoms. The molecule has 0 aromatic carbocycles. The van der Waals surface area contributed by atoms with Crippen molar-refractivity contribution in [1.82, 2.24) is 15.3 Å². The smallest absolute Gasteiger partial charge is 0.0432 e. The molecule has 2 unspecified atom stereocenters. The summed E-state index contributed by atoms with van der Waals surface area (Å²) in [6.45, 7) is 7.01. The molecule has 0 radical (unpaired) electrons. The molecule has 1 saturated heterocycles. The van der Waals surface area contributed by atoms with Crippen molar-refractivity contribution in [2.24, 2.45) is 5.84 Å². The van der Waals surface area contributed by atoms with Crippen molar-refractivity contribution in [3.63, 3.8) is 0 Å². The molecular formula is C16H28N4. The molecule has 1 aromatic rings. The summed E-state index contributed by atoms with van der Waals surface area (Å²) in [7, 11) is 0. The standard InChI is InChI=1S/C16H28N4/c1-3-16(2,20-11-5-4-6-12-20)15(19-17)13-14-7-9-18-10-8-14/h7-10,15,19H,3-6,11-13,17H2,1-2H3. The van der Waals surface area contributed by atoms with Crippen molar-refractivity contribution < 1.29 is 0 Å². The third kappa shape index (κ3) is 3.37. The summed E-state index contributed by atoms with van der Waals surface area (Å²) in [6, 6.07) is 4.42. The second-order valence-corrected chi connectivity index (χ2v) is 6.04. The number of pyridine rings is 1. The summed E-state index contributed by atoms with van der Waals surface area (Å²) in [6.07, 6.45) is 9.73. The highest BCUT2D eigenvalue weighted by molar-refractivity contribution is 5.14. The Balaban J connectivity index is 2.13. The van der Waals surface area contributed by atoms with Gasteiger partial charge in [-0.05, 0) is 63.4 Å². The Hall–Kier alpha value is -0.970. The molecule has 4 nitrogen and oxygen atoms in total. The molecule has 1 aromatic heterocycles. The fourth-order valence-corrected chi connectivity index (χ4v) is 3.31. The van der Waals surface area contributed by atoms with E-state index in [-0.39, 0.29) is 11.6 Å². The normalized spacial score (nSPS) is 21.4. The van der Waals surface area contributed by atoms with E-state index in [1.165, 1.54) is 37.9 Å². The first-order valence-corrected chi connectivity index (χ1v) is 7.80. The fourth-order valence-electron chi connectivity index (χ4n) is 3.31. The molecule has 1 aliphatic heterocycles. The number of hydrogen-bond acceptors (Lipinski definition) is 4. The van der Waals surface area contributed by atoms with Crippen LogP contribution in [0.2, 0.25) is 0 Å². The van der Waals surface area contributed by atoms with Crippen LogP contribution in [0, 0.1) is 0 Å². The first-order chi connectivity index (χ1) is 9.70. The molecule has 0 saturated carbocycles. The Labute approximate surface area is 122 Å². The number of nitrogens with zero attached hydrogens (tertiary/aromatic N) is 2. The summed E-state index contributed by atoms with van der Waals surface area (Å²) in [4.78, 5) is 6.72. The van der Waals surface area contributed by atoms with Gasteiger partial charge in [-0.25, -0.2) is 0 Å². The van der Waals surface area contributed by atoms with Crippen LogP contribution in [0.5, 0.6) is 0 Å². The highest BCUT2D eigenvalue weighted by Gasteiger charge is 2.38. The molecule has 2 heterocycles. The monoisotopic (exact) mass is 276 g/mol. The fraction of sp³-hybridized carbons (Fsp3) is 0.688. The van der Waals surface area contributed by atoms with Crippen LogP contribution in [0.1, 0.15) is 45.1 Å². The largest absolute Gasteiger partial charge is 0.296 e. The van der Waals surface area contributed by atoms with Gasteiger partial charge in [-0.3, -0.25) is 21.2 Å². The predicted molar refractivity (Wildman–Crippen MR) is 83.2 cm³/mol. The van der Waals surface area contributed by atoms with Gasteiger partial charge in [-0.2, -0.15) is 0 Å². The van der Waals surface area contributed by atoms with Gasteiger partial charge in [0.1, 0.15) is 0 Å². The van der Waals surface area contributed by atoms with Crippen molar-refractivity contribution in [2.45, 2.75) is 57.5 Å². The lowest BCUT2D eigenvalue weighted by Gasteiger charge is -2.48. The Morgan fingerprint density at radius 2 is 1.95 bits per heavy atom. The second kappa shape index (κ2) is 7.16. The van der Waals surface area contributed by atoms with Crippen molar-refractivity contribution in [3.05, 3.63) is 30.1 Å². The molecule has 2 rings (SSSR count). The maximum atomic E-state index is 5.90. The molecule has 0 bridgehead atoms. The zero-order valence-electron chi connectivity index (χ0n) is 12.8. The summed E-state index contributed by atoms with van der Waals surface area (Å²) in [5.74, 6) is 5.90. The molecule has 20 heavy (non-hydrogen) atoms. The number of hydrogen-bond donors (Lipinski definition) is 2. The molecule has 1 aliphatic rings. The number of piperidine rings is 1. The third-order valence-electron chi connectivity index (χ3n) is 4.94. The SMILES string of the molecule is CCC(C)(C(Cc1ccncc1)NN)N1CCCCC1. The number of nitrogens with one attached hydrogen (secondary N) is 1. The predicted octanol–water partition coefficient (Wildman–Crippen LogP) is 2.11. The number of aromatic nitrogens is 1. The lowest BCUT2D eigenvalue weighted by Crippen LogP contribution is -2.62. The maximum Gasteiger partial charge on any atom is 0.0432 e. The van der Waals surface area contributed by atoms with Gasteiger partial charge in [0.05, 0.1) is 0 Å². The summed E-state index contributed by atoms with van der Waals surface area (Å²) >= 11 is 0. The maximum absolute atomic E-state index is 5.90. The number of hydrazine groups is 1. The molecular weight excluding hydrogens is 248 g/mol. The summed E-state index contributed by atoms with van der Waals surface area (Å²) in [5.41, 5.74) is 4.48. The molecule has 1 fully saturated rings. The topological polar surface area (TPSA) is 54.2 Å². The van der Waals surface area contributed by atoms with Crippen LogP contribution in [-0.2, 0) is 6.42 Å². The summed E-state index contributed by atoms with van der Waals surface area (Å²) in [5, 5.41) is 0. The van der Waals surface area contributed by atoms with Crippen molar-refractivity contribution in [1.29, 1.82) is 0 Å². The van der Waals surface area contributed by atoms with E-state index in [1.54, 1.807) is 0 Å². The minimum Gasteiger partial charge on any atom is -0.296 e. The van der Waals surface area contributed by atoms with Crippen molar-refractivity contribution in [2.75, 3.05) is 13.1 Å². The van der Waals surface area contributed by atoms with Crippen LogP contribution in [-0.4, -0.2) is 34.6 Å². The highest BCUT2D eigenvalue weighted by atomic mass is 15.3. The van der Waals surface area contributed by atoms with E-state index in [4.69, 9.17) is 5.84 Å². The first kappa shape index (κ1) is 15.4. The number of likely N-dealkylation sites (tertiary alicyclic amines) is 1. The zero-order valence-corrected chi connectivity index (χ0v) is 12.8. The Bertz CT molecular complexity index is 389. The molecule has 0 aliphatic carbocycles. The lowest BCUT2D eigenvalue weighted by atomic mass is 9.83. The minimum absolute atomic E-state index is 0.110.